The second-order valence-corrected chi connectivity index (χ2v) is 10.5. The lowest BCUT2D eigenvalue weighted by Crippen LogP contribution is -2.58. The van der Waals surface area contributed by atoms with E-state index in [9.17, 15) is 13.5 Å². The van der Waals surface area contributed by atoms with Crippen molar-refractivity contribution in [3.05, 3.63) is 77.1 Å². The number of phenols is 1. The minimum absolute atomic E-state index is 0.0983. The third-order valence-electron chi connectivity index (χ3n) is 7.18. The molecule has 3 aliphatic rings. The molecule has 7 heteroatoms. The minimum Gasteiger partial charge on any atom is -0.504 e. The first-order valence-corrected chi connectivity index (χ1v) is 12.2. The number of aryl methyl sites for hydroxylation is 1. The van der Waals surface area contributed by atoms with Gasteiger partial charge < -0.3 is 18.9 Å². The van der Waals surface area contributed by atoms with E-state index in [1.54, 1.807) is 36.4 Å². The highest BCUT2D eigenvalue weighted by atomic mass is 32.2. The summed E-state index contributed by atoms with van der Waals surface area (Å²) in [7, 11) is -0.316. The highest BCUT2D eigenvalue weighted by Gasteiger charge is 2.53. The van der Waals surface area contributed by atoms with Crippen LogP contribution in [0.1, 0.15) is 23.1 Å². The quantitative estimate of drug-likeness (QED) is 0.712. The summed E-state index contributed by atoms with van der Waals surface area (Å²) >= 11 is 0. The zero-order valence-corrected chi connectivity index (χ0v) is 19.2. The van der Waals surface area contributed by atoms with E-state index in [2.05, 4.69) is 11.9 Å². The zero-order valence-electron chi connectivity index (χ0n) is 18.4. The van der Waals surface area contributed by atoms with Crippen LogP contribution in [-0.4, -0.2) is 45.2 Å². The number of phenolic OH excluding ortho intramolecular Hbond substituents is 1. The van der Waals surface area contributed by atoms with E-state index in [-0.39, 0.29) is 28.4 Å². The van der Waals surface area contributed by atoms with Crippen LogP contribution in [0.5, 0.6) is 11.5 Å². The van der Waals surface area contributed by atoms with Crippen LogP contribution in [0.15, 0.2) is 65.3 Å². The average Bonchev–Trinajstić information content (AvgIpc) is 2.76. The Morgan fingerprint density at radius 3 is 2.62 bits per heavy atom. The average molecular weight is 454 g/mol. The summed E-state index contributed by atoms with van der Waals surface area (Å²) in [4.78, 5) is 2.46. The van der Waals surface area contributed by atoms with Gasteiger partial charge in [-0.1, -0.05) is 29.8 Å². The Bertz CT molecular complexity index is 1230. The van der Waals surface area contributed by atoms with E-state index >= 15 is 0 Å². The molecule has 1 saturated heterocycles. The van der Waals surface area contributed by atoms with Crippen LogP contribution in [0.3, 0.4) is 0 Å². The number of methoxy groups -OCH3 is 1. The molecular weight excluding hydrogens is 426 g/mol. The Balaban J connectivity index is 1.61. The molecule has 0 saturated carbocycles. The topological polar surface area (TPSA) is 76.1 Å². The SMILES string of the molecule is COc1ccc2c(c1O)[C@@]13C=C(OS(=O)(=O)c4ccc(C)cc4)C=C[C@H]1[C@@H](C2)N(C)CC3. The van der Waals surface area contributed by atoms with Gasteiger partial charge in [-0.3, -0.25) is 0 Å². The molecule has 2 bridgehead atoms. The van der Waals surface area contributed by atoms with Crippen LogP contribution < -0.4 is 4.74 Å². The number of likely N-dealkylation sites (tertiary alicyclic amines) is 1. The van der Waals surface area contributed by atoms with Gasteiger partial charge in [-0.25, -0.2) is 0 Å². The van der Waals surface area contributed by atoms with Crippen LogP contribution in [0, 0.1) is 12.8 Å². The number of hydrogen-bond acceptors (Lipinski definition) is 6. The van der Waals surface area contributed by atoms with E-state index < -0.39 is 15.5 Å². The molecule has 1 fully saturated rings. The predicted octanol–water partition coefficient (Wildman–Crippen LogP) is 3.68. The lowest BCUT2D eigenvalue weighted by Gasteiger charge is -2.55. The van der Waals surface area contributed by atoms with Crippen molar-refractivity contribution in [1.82, 2.24) is 4.90 Å². The maximum atomic E-state index is 12.9. The highest BCUT2D eigenvalue weighted by Crippen LogP contribution is 2.56. The van der Waals surface area contributed by atoms with E-state index in [0.717, 1.165) is 36.1 Å². The number of nitrogens with zero attached hydrogens (tertiary/aromatic N) is 1. The number of fused-ring (bicyclic) bond motifs is 1. The van der Waals surface area contributed by atoms with E-state index in [0.29, 0.717) is 5.75 Å². The van der Waals surface area contributed by atoms with Gasteiger partial charge in [0.05, 0.1) is 7.11 Å². The molecule has 0 unspecified atom stereocenters. The summed E-state index contributed by atoms with van der Waals surface area (Å²) in [5, 5.41) is 11.1. The summed E-state index contributed by atoms with van der Waals surface area (Å²) in [5.41, 5.74) is 2.30. The number of hydrogen-bond donors (Lipinski definition) is 1. The van der Waals surface area contributed by atoms with Gasteiger partial charge in [0.25, 0.3) is 0 Å². The molecule has 1 aliphatic heterocycles. The van der Waals surface area contributed by atoms with Gasteiger partial charge in [0.15, 0.2) is 11.5 Å². The summed E-state index contributed by atoms with van der Waals surface area (Å²) in [6, 6.07) is 10.7. The highest BCUT2D eigenvalue weighted by molar-refractivity contribution is 7.86. The number of ether oxygens (including phenoxy) is 1. The standard InChI is InChI=1S/C25H27NO5S/c1-16-4-8-19(9-5-16)32(28,29)31-18-7-10-20-21-14-17-6-11-22(30-3)24(27)23(17)25(20,15-18)12-13-26(21)2/h4-11,15,20-21,27H,12-14H2,1-3H3/t20-,21+,25-/m0/s1. The van der Waals surface area contributed by atoms with Crippen molar-refractivity contribution in [3.8, 4) is 11.5 Å². The molecule has 168 valence electrons. The van der Waals surface area contributed by atoms with Crippen molar-refractivity contribution in [2.45, 2.75) is 36.1 Å². The summed E-state index contributed by atoms with van der Waals surface area (Å²) in [6.07, 6.45) is 7.25. The fourth-order valence-corrected chi connectivity index (χ4v) is 6.47. The molecule has 2 aromatic rings. The first kappa shape index (κ1) is 21.1. The molecule has 2 aromatic carbocycles. The Morgan fingerprint density at radius 2 is 1.91 bits per heavy atom. The lowest BCUT2D eigenvalue weighted by molar-refractivity contribution is 0.0759. The minimum atomic E-state index is -3.97. The molecule has 2 aliphatic carbocycles. The number of piperidine rings is 1. The van der Waals surface area contributed by atoms with Crippen LogP contribution in [0.4, 0.5) is 0 Å². The lowest BCUT2D eigenvalue weighted by atomic mass is 9.55. The fourth-order valence-electron chi connectivity index (χ4n) is 5.55. The van der Waals surface area contributed by atoms with Crippen LogP contribution in [-0.2, 0) is 26.1 Å². The molecule has 1 heterocycles. The Morgan fingerprint density at radius 1 is 1.16 bits per heavy atom. The van der Waals surface area contributed by atoms with Crippen molar-refractivity contribution in [2.75, 3.05) is 20.7 Å². The van der Waals surface area contributed by atoms with Crippen molar-refractivity contribution >= 4 is 10.1 Å². The van der Waals surface area contributed by atoms with Crippen LogP contribution >= 0.6 is 0 Å². The number of aromatic hydroxyl groups is 1. The smallest absolute Gasteiger partial charge is 0.339 e. The van der Waals surface area contributed by atoms with Crippen molar-refractivity contribution in [3.63, 3.8) is 0 Å². The number of benzene rings is 2. The number of likely N-dealkylation sites (N-methyl/N-ethyl adjacent to an activating group) is 1. The molecule has 1 N–H and O–H groups in total. The molecule has 0 aromatic heterocycles. The molecule has 3 atom stereocenters. The second-order valence-electron chi connectivity index (χ2n) is 8.98. The molecule has 5 rings (SSSR count). The zero-order chi connectivity index (χ0) is 22.7. The Kier molecular flexibility index (Phi) is 4.87. The molecule has 6 nitrogen and oxygen atoms in total. The summed E-state index contributed by atoms with van der Waals surface area (Å²) in [5.74, 6) is 0.929. The van der Waals surface area contributed by atoms with Crippen LogP contribution in [0.2, 0.25) is 0 Å². The largest absolute Gasteiger partial charge is 0.504 e. The van der Waals surface area contributed by atoms with E-state index in [1.807, 2.05) is 25.1 Å². The first-order chi connectivity index (χ1) is 15.2. The van der Waals surface area contributed by atoms with Gasteiger partial charge in [0.2, 0.25) is 0 Å². The molecule has 32 heavy (non-hydrogen) atoms. The fraction of sp³-hybridized carbons (Fsp3) is 0.360. The van der Waals surface area contributed by atoms with Crippen LogP contribution in [0.25, 0.3) is 0 Å². The summed E-state index contributed by atoms with van der Waals surface area (Å²) in [6.45, 7) is 2.74. The van der Waals surface area contributed by atoms with Gasteiger partial charge in [-0.2, -0.15) is 8.42 Å². The first-order valence-electron chi connectivity index (χ1n) is 10.8. The van der Waals surface area contributed by atoms with Crippen molar-refractivity contribution < 1.29 is 22.4 Å². The normalized spacial score (nSPS) is 26.7. The number of allylic oxidation sites excluding steroid dienone is 2. The maximum absolute atomic E-state index is 12.9. The van der Waals surface area contributed by atoms with Crippen molar-refractivity contribution in [2.24, 2.45) is 5.92 Å². The van der Waals surface area contributed by atoms with E-state index in [4.69, 9.17) is 8.92 Å². The molecule has 0 amide bonds. The van der Waals surface area contributed by atoms with Gasteiger partial charge in [0, 0.05) is 22.9 Å². The molecule has 0 radical (unpaired) electrons. The molecular formula is C25H27NO5S. The number of rotatable bonds is 4. The van der Waals surface area contributed by atoms with Gasteiger partial charge in [0.1, 0.15) is 10.7 Å². The monoisotopic (exact) mass is 453 g/mol. The third-order valence-corrected chi connectivity index (χ3v) is 8.44. The van der Waals surface area contributed by atoms with Gasteiger partial charge in [-0.15, -0.1) is 0 Å². The van der Waals surface area contributed by atoms with Gasteiger partial charge >= 0.3 is 10.1 Å². The predicted molar refractivity (Wildman–Crippen MR) is 121 cm³/mol. The van der Waals surface area contributed by atoms with Gasteiger partial charge in [-0.05, 0) is 69.3 Å². The van der Waals surface area contributed by atoms with E-state index in [1.165, 1.54) is 7.11 Å². The Labute approximate surface area is 188 Å². The Hall–Kier alpha value is -2.77. The maximum Gasteiger partial charge on any atom is 0.339 e. The summed E-state index contributed by atoms with van der Waals surface area (Å²) < 4.78 is 36.9. The molecule has 0 spiro atoms. The van der Waals surface area contributed by atoms with Crippen molar-refractivity contribution in [1.29, 1.82) is 0 Å². The third kappa shape index (κ3) is 3.14. The second kappa shape index (κ2) is 7.39.